The van der Waals surface area contributed by atoms with Crippen molar-refractivity contribution in [3.8, 4) is 0 Å². The van der Waals surface area contributed by atoms with Crippen LogP contribution in [0.2, 0.25) is 0 Å². The molecule has 0 bridgehead atoms. The van der Waals surface area contributed by atoms with E-state index in [1.54, 1.807) is 0 Å². The van der Waals surface area contributed by atoms with Crippen LogP contribution in [0.15, 0.2) is 18.2 Å². The van der Waals surface area contributed by atoms with E-state index in [1.807, 2.05) is 12.1 Å². The molecule has 0 N–H and O–H groups in total. The van der Waals surface area contributed by atoms with Crippen molar-refractivity contribution in [2.75, 3.05) is 0 Å². The second-order valence-corrected chi connectivity index (χ2v) is 2.17. The summed E-state index contributed by atoms with van der Waals surface area (Å²) in [6.45, 7) is 1.52. The molecule has 0 radical (unpaired) electrons. The number of rotatable bonds is 0. The third kappa shape index (κ3) is 1.27. The largest absolute Gasteiger partial charge is 1.00 e. The summed E-state index contributed by atoms with van der Waals surface area (Å²) in [6.07, 6.45) is 0. The van der Waals surface area contributed by atoms with Crippen LogP contribution >= 0.6 is 0 Å². The molecule has 2 rings (SSSR count). The Hall–Kier alpha value is -0.223. The summed E-state index contributed by atoms with van der Waals surface area (Å²) in [4.78, 5) is 0. The predicted octanol–water partition coefficient (Wildman–Crippen LogP) is -1.48. The van der Waals surface area contributed by atoms with Gasteiger partial charge in [-0.2, -0.15) is 24.3 Å². The van der Waals surface area contributed by atoms with Crippen LogP contribution in [0.1, 0.15) is 11.1 Å². The van der Waals surface area contributed by atoms with Crippen LogP contribution in [0.25, 0.3) is 0 Å². The maximum Gasteiger partial charge on any atom is 1.00 e. The summed E-state index contributed by atoms with van der Waals surface area (Å²) >= 11 is 0. The molecule has 1 heterocycles. The van der Waals surface area contributed by atoms with E-state index >= 15 is 0 Å². The monoisotopic (exact) mass is 126 g/mol. The summed E-state index contributed by atoms with van der Waals surface area (Å²) in [5.41, 5.74) is 2.51. The van der Waals surface area contributed by atoms with Gasteiger partial charge in [0.05, 0.1) is 0 Å². The zero-order valence-electron chi connectivity index (χ0n) is 6.05. The molecule has 1 aromatic carbocycles. The average molecular weight is 126 g/mol. The third-order valence-corrected chi connectivity index (χ3v) is 1.54. The van der Waals surface area contributed by atoms with Crippen LogP contribution in [0.5, 0.6) is 0 Å². The standard InChI is InChI=1S/C8H7O.Li/c1-2-4-8-6-9-5-7(8)3-1;/h1-3H,5-6H2;/q-1;+1. The molecule has 0 aromatic heterocycles. The van der Waals surface area contributed by atoms with Crippen molar-refractivity contribution in [1.82, 2.24) is 0 Å². The molecule has 0 spiro atoms. The second kappa shape index (κ2) is 3.25. The molecule has 1 aliphatic rings. The van der Waals surface area contributed by atoms with E-state index in [4.69, 9.17) is 4.74 Å². The van der Waals surface area contributed by atoms with Crippen LogP contribution in [0, 0.1) is 6.07 Å². The van der Waals surface area contributed by atoms with Crippen molar-refractivity contribution in [1.29, 1.82) is 0 Å². The third-order valence-electron chi connectivity index (χ3n) is 1.54. The quantitative estimate of drug-likeness (QED) is 0.304. The first-order valence-electron chi connectivity index (χ1n) is 3.03. The minimum Gasteiger partial charge on any atom is -0.387 e. The first-order chi connectivity index (χ1) is 4.47. The fourth-order valence-electron chi connectivity index (χ4n) is 1.04. The Balaban J connectivity index is 0.000000500. The van der Waals surface area contributed by atoms with Gasteiger partial charge in [0, 0.05) is 13.2 Å². The van der Waals surface area contributed by atoms with Gasteiger partial charge in [0.2, 0.25) is 0 Å². The molecule has 1 aromatic rings. The number of fused-ring (bicyclic) bond motifs is 1. The molecule has 0 amide bonds. The molecule has 0 saturated carbocycles. The van der Waals surface area contributed by atoms with E-state index in [9.17, 15) is 0 Å². The first kappa shape index (κ1) is 7.88. The molecule has 0 fully saturated rings. The smallest absolute Gasteiger partial charge is 0.387 e. The van der Waals surface area contributed by atoms with E-state index in [1.165, 1.54) is 11.1 Å². The number of benzene rings is 1. The Labute approximate surface area is 72.6 Å². The van der Waals surface area contributed by atoms with Gasteiger partial charge in [-0.3, -0.25) is 0 Å². The Morgan fingerprint density at radius 1 is 1.40 bits per heavy atom. The van der Waals surface area contributed by atoms with Gasteiger partial charge >= 0.3 is 18.9 Å². The second-order valence-electron chi connectivity index (χ2n) is 2.17. The molecule has 1 nitrogen and oxygen atoms in total. The molecule has 2 heteroatoms. The normalized spacial score (nSPS) is 14.0. The van der Waals surface area contributed by atoms with Gasteiger partial charge in [0.1, 0.15) is 0 Å². The Kier molecular flexibility index (Phi) is 2.56. The van der Waals surface area contributed by atoms with Crippen LogP contribution in [-0.4, -0.2) is 0 Å². The van der Waals surface area contributed by atoms with Gasteiger partial charge in [0.15, 0.2) is 0 Å². The number of hydrogen-bond acceptors (Lipinski definition) is 1. The Bertz CT molecular complexity index is 199. The molecule has 1 aliphatic heterocycles. The van der Waals surface area contributed by atoms with Crippen molar-refractivity contribution in [2.24, 2.45) is 0 Å². The molecule has 10 heavy (non-hydrogen) atoms. The minimum atomic E-state index is 0. The molecule has 0 unspecified atom stereocenters. The average Bonchev–Trinajstić information content (AvgIpc) is 2.33. The van der Waals surface area contributed by atoms with Gasteiger partial charge in [-0.15, -0.1) is 11.1 Å². The van der Waals surface area contributed by atoms with Crippen molar-refractivity contribution in [3.05, 3.63) is 35.4 Å². The maximum absolute atomic E-state index is 5.18. The van der Waals surface area contributed by atoms with Crippen LogP contribution in [0.3, 0.4) is 0 Å². The molecular formula is C8H7LiO. The summed E-state index contributed by atoms with van der Waals surface area (Å²) < 4.78 is 5.18. The summed E-state index contributed by atoms with van der Waals surface area (Å²) in [7, 11) is 0. The predicted molar refractivity (Wildman–Crippen MR) is 33.8 cm³/mol. The fraction of sp³-hybridized carbons (Fsp3) is 0.250. The van der Waals surface area contributed by atoms with E-state index in [0.29, 0.717) is 0 Å². The topological polar surface area (TPSA) is 9.23 Å². The van der Waals surface area contributed by atoms with Gasteiger partial charge in [-0.05, 0) is 0 Å². The zero-order chi connectivity index (χ0) is 6.10. The molecule has 0 atom stereocenters. The van der Waals surface area contributed by atoms with Crippen LogP contribution in [-0.2, 0) is 18.0 Å². The Morgan fingerprint density at radius 2 is 2.30 bits per heavy atom. The molecule has 46 valence electrons. The van der Waals surface area contributed by atoms with E-state index in [-0.39, 0.29) is 18.9 Å². The summed E-state index contributed by atoms with van der Waals surface area (Å²) in [6, 6.07) is 9.12. The molecule has 0 saturated heterocycles. The SMILES string of the molecule is [Li+].[c-]1cccc2c1COC2. The van der Waals surface area contributed by atoms with Crippen LogP contribution in [0.4, 0.5) is 0 Å². The van der Waals surface area contributed by atoms with E-state index < -0.39 is 0 Å². The van der Waals surface area contributed by atoms with Crippen LogP contribution < -0.4 is 18.9 Å². The van der Waals surface area contributed by atoms with Gasteiger partial charge < -0.3 is 4.74 Å². The maximum atomic E-state index is 5.18. The van der Waals surface area contributed by atoms with Crippen molar-refractivity contribution < 1.29 is 23.6 Å². The first-order valence-corrected chi connectivity index (χ1v) is 3.03. The van der Waals surface area contributed by atoms with Gasteiger partial charge in [-0.1, -0.05) is 0 Å². The number of ether oxygens (including phenoxy) is 1. The van der Waals surface area contributed by atoms with E-state index in [2.05, 4.69) is 12.1 Å². The van der Waals surface area contributed by atoms with E-state index in [0.717, 1.165) is 13.2 Å². The summed E-state index contributed by atoms with van der Waals surface area (Å²) in [5, 5.41) is 0. The molecule has 0 aliphatic carbocycles. The zero-order valence-corrected chi connectivity index (χ0v) is 6.05. The van der Waals surface area contributed by atoms with Crippen molar-refractivity contribution in [2.45, 2.75) is 13.2 Å². The fourth-order valence-corrected chi connectivity index (χ4v) is 1.04. The van der Waals surface area contributed by atoms with Crippen molar-refractivity contribution >= 4 is 0 Å². The molecular weight excluding hydrogens is 119 g/mol. The minimum absolute atomic E-state index is 0. The van der Waals surface area contributed by atoms with Gasteiger partial charge in [-0.25, -0.2) is 0 Å². The van der Waals surface area contributed by atoms with Crippen molar-refractivity contribution in [3.63, 3.8) is 0 Å². The Morgan fingerprint density at radius 3 is 3.10 bits per heavy atom. The summed E-state index contributed by atoms with van der Waals surface area (Å²) in [5.74, 6) is 0. The van der Waals surface area contributed by atoms with Gasteiger partial charge in [0.25, 0.3) is 0 Å². The number of hydrogen-bond donors (Lipinski definition) is 0.